The van der Waals surface area contributed by atoms with E-state index in [1.165, 1.54) is 11.4 Å². The maximum atomic E-state index is 5.46. The predicted octanol–water partition coefficient (Wildman–Crippen LogP) is 0.990. The van der Waals surface area contributed by atoms with E-state index in [0.29, 0.717) is 14.3 Å². The van der Waals surface area contributed by atoms with Crippen LogP contribution in [0, 0.1) is 5.92 Å². The van der Waals surface area contributed by atoms with Crippen molar-refractivity contribution in [3.63, 3.8) is 0 Å². The molecule has 0 amide bonds. The van der Waals surface area contributed by atoms with Gasteiger partial charge in [0.25, 0.3) is 0 Å². The maximum absolute atomic E-state index is 5.46. The van der Waals surface area contributed by atoms with Crippen molar-refractivity contribution in [3.8, 4) is 0 Å². The third kappa shape index (κ3) is 1.63. The summed E-state index contributed by atoms with van der Waals surface area (Å²) in [6.45, 7) is 2.29. The van der Waals surface area contributed by atoms with Gasteiger partial charge in [-0.05, 0) is 0 Å². The molecule has 0 radical (unpaired) electrons. The van der Waals surface area contributed by atoms with Crippen LogP contribution in [-0.2, 0) is 8.85 Å². The van der Waals surface area contributed by atoms with Crippen LogP contribution >= 0.6 is 0 Å². The Labute approximate surface area is 69.1 Å². The van der Waals surface area contributed by atoms with Crippen molar-refractivity contribution in [2.75, 3.05) is 14.2 Å². The van der Waals surface area contributed by atoms with Gasteiger partial charge in [0.05, 0.1) is 0 Å². The van der Waals surface area contributed by atoms with Gasteiger partial charge in [0.2, 0.25) is 0 Å². The van der Waals surface area contributed by atoms with Gasteiger partial charge >= 0.3 is 68.8 Å². The molecule has 1 heterocycles. The van der Waals surface area contributed by atoms with E-state index in [2.05, 4.69) is 6.92 Å². The van der Waals surface area contributed by atoms with Crippen LogP contribution in [0.3, 0.4) is 0 Å². The number of hydrogen-bond acceptors (Lipinski definition) is 2. The zero-order valence-electron chi connectivity index (χ0n) is 6.72. The Morgan fingerprint density at radius 3 is 2.20 bits per heavy atom. The van der Waals surface area contributed by atoms with Gasteiger partial charge in [-0.25, -0.2) is 0 Å². The van der Waals surface area contributed by atoms with Gasteiger partial charge in [0, 0.05) is 0 Å². The van der Waals surface area contributed by atoms with Gasteiger partial charge < -0.3 is 0 Å². The fraction of sp³-hybridized carbons (Fsp3) is 1.00. The van der Waals surface area contributed by atoms with Crippen LogP contribution in [0.5, 0.6) is 0 Å². The molecule has 1 fully saturated rings. The van der Waals surface area contributed by atoms with Crippen molar-refractivity contribution in [3.05, 3.63) is 0 Å². The standard InChI is InChI=1S/C6H14O2SeSi/c1-6-4-9-10(5-6,7-2)8-3/h6H,4-5H2,1-3H3. The minimum atomic E-state index is -1.58. The van der Waals surface area contributed by atoms with Crippen LogP contribution in [0.25, 0.3) is 0 Å². The quantitative estimate of drug-likeness (QED) is 0.652. The molecule has 1 aliphatic rings. The number of hydrogen-bond donors (Lipinski definition) is 0. The van der Waals surface area contributed by atoms with Crippen LogP contribution in [0.4, 0.5) is 0 Å². The molecule has 1 aliphatic heterocycles. The topological polar surface area (TPSA) is 18.5 Å². The van der Waals surface area contributed by atoms with E-state index < -0.39 is 7.17 Å². The summed E-state index contributed by atoms with van der Waals surface area (Å²) in [5.41, 5.74) is 0. The zero-order valence-corrected chi connectivity index (χ0v) is 9.43. The van der Waals surface area contributed by atoms with E-state index in [1.54, 1.807) is 14.2 Å². The summed E-state index contributed by atoms with van der Waals surface area (Å²) >= 11 is 0.649. The van der Waals surface area contributed by atoms with Crippen molar-refractivity contribution in [1.29, 1.82) is 0 Å². The molecule has 1 rings (SSSR count). The number of rotatable bonds is 2. The first-order valence-electron chi connectivity index (χ1n) is 3.46. The summed E-state index contributed by atoms with van der Waals surface area (Å²) in [5.74, 6) is 0.839. The monoisotopic (exact) mass is 226 g/mol. The van der Waals surface area contributed by atoms with Crippen LogP contribution < -0.4 is 0 Å². The Balaban J connectivity index is 2.51. The molecule has 10 heavy (non-hydrogen) atoms. The summed E-state index contributed by atoms with van der Waals surface area (Å²) in [4.78, 5) is 0. The van der Waals surface area contributed by atoms with Gasteiger partial charge in [-0.3, -0.25) is 0 Å². The zero-order chi connectivity index (χ0) is 7.61. The average Bonchev–Trinajstić information content (AvgIpc) is 2.33. The van der Waals surface area contributed by atoms with Gasteiger partial charge in [0.1, 0.15) is 0 Å². The molecule has 0 bridgehead atoms. The first-order chi connectivity index (χ1) is 4.72. The molecule has 0 N–H and O–H groups in total. The molecular weight excluding hydrogens is 211 g/mol. The Morgan fingerprint density at radius 1 is 1.40 bits per heavy atom. The molecule has 1 atom stereocenters. The summed E-state index contributed by atoms with van der Waals surface area (Å²) in [6, 6.07) is 1.21. The van der Waals surface area contributed by atoms with Gasteiger partial charge in [-0.15, -0.1) is 0 Å². The van der Waals surface area contributed by atoms with Crippen molar-refractivity contribution in [2.45, 2.75) is 18.3 Å². The van der Waals surface area contributed by atoms with Crippen molar-refractivity contribution in [2.24, 2.45) is 5.92 Å². The van der Waals surface area contributed by atoms with E-state index in [4.69, 9.17) is 8.85 Å². The third-order valence-electron chi connectivity index (χ3n) is 1.81. The molecule has 0 spiro atoms. The molecule has 1 saturated heterocycles. The molecule has 1 unspecified atom stereocenters. The van der Waals surface area contributed by atoms with Gasteiger partial charge in [-0.1, -0.05) is 0 Å². The van der Waals surface area contributed by atoms with Crippen LogP contribution in [0.1, 0.15) is 6.92 Å². The average molecular weight is 225 g/mol. The summed E-state index contributed by atoms with van der Waals surface area (Å²) in [7, 11) is 2.02. The van der Waals surface area contributed by atoms with Crippen molar-refractivity contribution in [1.82, 2.24) is 0 Å². The summed E-state index contributed by atoms with van der Waals surface area (Å²) < 4.78 is 10.9. The van der Waals surface area contributed by atoms with E-state index in [-0.39, 0.29) is 0 Å². The van der Waals surface area contributed by atoms with E-state index in [0.717, 1.165) is 5.92 Å². The molecule has 0 saturated carbocycles. The summed E-state index contributed by atoms with van der Waals surface area (Å²) in [5, 5.41) is 1.35. The Kier molecular flexibility index (Phi) is 2.95. The minimum absolute atomic E-state index is 0.649. The van der Waals surface area contributed by atoms with E-state index in [1.807, 2.05) is 0 Å². The third-order valence-corrected chi connectivity index (χ3v) is 13.0. The van der Waals surface area contributed by atoms with E-state index in [9.17, 15) is 0 Å². The Hall–Kier alpha value is 0.656. The summed E-state index contributed by atoms with van der Waals surface area (Å²) in [6.07, 6.45) is 0. The molecule has 0 aromatic carbocycles. The van der Waals surface area contributed by atoms with Gasteiger partial charge in [0.15, 0.2) is 0 Å². The van der Waals surface area contributed by atoms with Crippen molar-refractivity contribution >= 4 is 21.5 Å². The first kappa shape index (κ1) is 8.75. The second-order valence-corrected chi connectivity index (χ2v) is 12.0. The molecule has 0 aromatic rings. The second kappa shape index (κ2) is 3.37. The molecule has 4 heteroatoms. The van der Waals surface area contributed by atoms with Crippen LogP contribution in [0.2, 0.25) is 11.4 Å². The normalized spacial score (nSPS) is 30.9. The molecule has 2 nitrogen and oxygen atoms in total. The second-order valence-electron chi connectivity index (χ2n) is 2.71. The molecule has 0 aromatic heterocycles. The Bertz CT molecular complexity index is 116. The molecule has 0 aliphatic carbocycles. The van der Waals surface area contributed by atoms with Gasteiger partial charge in [-0.2, -0.15) is 0 Å². The molecular formula is C6H14O2SeSi. The predicted molar refractivity (Wildman–Crippen MR) is 44.3 cm³/mol. The molecule has 60 valence electrons. The fourth-order valence-electron chi connectivity index (χ4n) is 1.18. The Morgan fingerprint density at radius 2 is 2.00 bits per heavy atom. The first-order valence-corrected chi connectivity index (χ1v) is 9.18. The van der Waals surface area contributed by atoms with E-state index >= 15 is 0 Å². The van der Waals surface area contributed by atoms with Crippen LogP contribution in [-0.4, -0.2) is 35.7 Å². The van der Waals surface area contributed by atoms with Crippen molar-refractivity contribution < 1.29 is 8.85 Å². The fourth-order valence-corrected chi connectivity index (χ4v) is 11.7. The van der Waals surface area contributed by atoms with Crippen LogP contribution in [0.15, 0.2) is 0 Å². The SMILES string of the molecule is CO[Si]1(OC)CC(C)C[Se]1.